The summed E-state index contributed by atoms with van der Waals surface area (Å²) in [4.78, 5) is 4.37. The third-order valence-electron chi connectivity index (χ3n) is 3.04. The van der Waals surface area contributed by atoms with Crippen LogP contribution in [0.2, 0.25) is 0 Å². The lowest BCUT2D eigenvalue weighted by Gasteiger charge is -2.08. The lowest BCUT2D eigenvalue weighted by Crippen LogP contribution is -2.16. The summed E-state index contributed by atoms with van der Waals surface area (Å²) in [6.07, 6.45) is 2.47. The smallest absolute Gasteiger partial charge is 0.219 e. The second kappa shape index (κ2) is 5.89. The molecule has 0 radical (unpaired) electrons. The SMILES string of the molecule is Fc1ccc(Br)cc1Oc1cccc(CNC2CC2)n1. The summed E-state index contributed by atoms with van der Waals surface area (Å²) in [5.74, 6) is 0.160. The molecule has 3 rings (SSSR count). The molecule has 104 valence electrons. The maximum absolute atomic E-state index is 13.6. The zero-order valence-electron chi connectivity index (χ0n) is 10.8. The fourth-order valence-corrected chi connectivity index (χ4v) is 2.16. The molecule has 20 heavy (non-hydrogen) atoms. The first-order valence-electron chi connectivity index (χ1n) is 6.53. The molecule has 0 bridgehead atoms. The standard InChI is InChI=1S/C15H14BrFN2O/c16-10-4-7-13(17)14(8-10)20-15-3-1-2-12(19-15)9-18-11-5-6-11/h1-4,7-8,11,18H,5-6,9H2. The molecule has 0 aliphatic heterocycles. The fraction of sp³-hybridized carbons (Fsp3) is 0.267. The van der Waals surface area contributed by atoms with Crippen molar-refractivity contribution in [3.63, 3.8) is 0 Å². The second-order valence-electron chi connectivity index (χ2n) is 4.80. The predicted octanol–water partition coefficient (Wildman–Crippen LogP) is 4.03. The first-order valence-corrected chi connectivity index (χ1v) is 7.32. The van der Waals surface area contributed by atoms with Crippen molar-refractivity contribution in [3.8, 4) is 11.6 Å². The molecule has 0 atom stereocenters. The summed E-state index contributed by atoms with van der Waals surface area (Å²) < 4.78 is 19.9. The Morgan fingerprint density at radius 2 is 2.15 bits per heavy atom. The van der Waals surface area contributed by atoms with Gasteiger partial charge in [-0.1, -0.05) is 22.0 Å². The molecule has 1 heterocycles. The van der Waals surface area contributed by atoms with E-state index >= 15 is 0 Å². The summed E-state index contributed by atoms with van der Waals surface area (Å²) in [5.41, 5.74) is 0.893. The summed E-state index contributed by atoms with van der Waals surface area (Å²) in [6, 6.07) is 10.7. The zero-order chi connectivity index (χ0) is 13.9. The molecule has 0 spiro atoms. The number of hydrogen-bond acceptors (Lipinski definition) is 3. The van der Waals surface area contributed by atoms with Crippen LogP contribution >= 0.6 is 15.9 Å². The molecule has 0 saturated heterocycles. The Bertz CT molecular complexity index is 617. The van der Waals surface area contributed by atoms with Crippen molar-refractivity contribution in [2.75, 3.05) is 0 Å². The Morgan fingerprint density at radius 1 is 1.30 bits per heavy atom. The molecular weight excluding hydrogens is 323 g/mol. The Hall–Kier alpha value is -1.46. The van der Waals surface area contributed by atoms with E-state index in [9.17, 15) is 4.39 Å². The third-order valence-corrected chi connectivity index (χ3v) is 3.53. The number of halogens is 2. The van der Waals surface area contributed by atoms with Crippen molar-refractivity contribution in [2.24, 2.45) is 0 Å². The molecule has 1 aromatic carbocycles. The molecule has 1 aliphatic rings. The van der Waals surface area contributed by atoms with Crippen molar-refractivity contribution in [1.82, 2.24) is 10.3 Å². The van der Waals surface area contributed by atoms with Crippen molar-refractivity contribution in [1.29, 1.82) is 0 Å². The maximum atomic E-state index is 13.6. The van der Waals surface area contributed by atoms with Crippen molar-refractivity contribution in [3.05, 3.63) is 52.4 Å². The maximum Gasteiger partial charge on any atom is 0.219 e. The molecule has 3 nitrogen and oxygen atoms in total. The van der Waals surface area contributed by atoms with E-state index in [2.05, 4.69) is 26.2 Å². The zero-order valence-corrected chi connectivity index (χ0v) is 12.4. The van der Waals surface area contributed by atoms with E-state index in [0.717, 1.165) is 10.2 Å². The monoisotopic (exact) mass is 336 g/mol. The fourth-order valence-electron chi connectivity index (χ4n) is 1.82. The van der Waals surface area contributed by atoms with Crippen molar-refractivity contribution < 1.29 is 9.13 Å². The van der Waals surface area contributed by atoms with E-state index in [1.807, 2.05) is 12.1 Å². The summed E-state index contributed by atoms with van der Waals surface area (Å²) in [7, 11) is 0. The Labute approximate surface area is 125 Å². The Morgan fingerprint density at radius 3 is 2.95 bits per heavy atom. The van der Waals surface area contributed by atoms with Gasteiger partial charge in [0.2, 0.25) is 5.88 Å². The van der Waals surface area contributed by atoms with Gasteiger partial charge in [-0.15, -0.1) is 0 Å². The van der Waals surface area contributed by atoms with Crippen LogP contribution in [0.4, 0.5) is 4.39 Å². The quantitative estimate of drug-likeness (QED) is 0.895. The van der Waals surface area contributed by atoms with E-state index in [1.54, 1.807) is 18.2 Å². The minimum atomic E-state index is -0.406. The van der Waals surface area contributed by atoms with Crippen LogP contribution in [-0.4, -0.2) is 11.0 Å². The van der Waals surface area contributed by atoms with Gasteiger partial charge in [-0.2, -0.15) is 0 Å². The molecule has 2 aromatic rings. The van der Waals surface area contributed by atoms with Crippen LogP contribution in [-0.2, 0) is 6.54 Å². The van der Waals surface area contributed by atoms with E-state index in [1.165, 1.54) is 18.9 Å². The van der Waals surface area contributed by atoms with Gasteiger partial charge < -0.3 is 10.1 Å². The highest BCUT2D eigenvalue weighted by molar-refractivity contribution is 9.10. The van der Waals surface area contributed by atoms with Crippen molar-refractivity contribution in [2.45, 2.75) is 25.4 Å². The summed E-state index contributed by atoms with van der Waals surface area (Å²) in [5, 5.41) is 3.38. The molecule has 1 N–H and O–H groups in total. The molecule has 1 aromatic heterocycles. The Balaban J connectivity index is 1.72. The van der Waals surface area contributed by atoms with Gasteiger partial charge >= 0.3 is 0 Å². The Kier molecular flexibility index (Phi) is 3.98. The lowest BCUT2D eigenvalue weighted by atomic mass is 10.3. The van der Waals surface area contributed by atoms with Crippen LogP contribution < -0.4 is 10.1 Å². The molecule has 1 saturated carbocycles. The lowest BCUT2D eigenvalue weighted by molar-refractivity contribution is 0.425. The number of ether oxygens (including phenoxy) is 1. The molecular formula is C15H14BrFN2O. The summed E-state index contributed by atoms with van der Waals surface area (Å²) >= 11 is 3.29. The van der Waals surface area contributed by atoms with E-state index < -0.39 is 5.82 Å². The van der Waals surface area contributed by atoms with Gasteiger partial charge in [0.05, 0.1) is 5.69 Å². The van der Waals surface area contributed by atoms with Gasteiger partial charge in [-0.3, -0.25) is 0 Å². The van der Waals surface area contributed by atoms with Gasteiger partial charge in [0, 0.05) is 23.1 Å². The number of nitrogens with zero attached hydrogens (tertiary/aromatic N) is 1. The molecule has 5 heteroatoms. The van der Waals surface area contributed by atoms with E-state index in [4.69, 9.17) is 4.74 Å². The highest BCUT2D eigenvalue weighted by atomic mass is 79.9. The molecule has 1 fully saturated rings. The highest BCUT2D eigenvalue weighted by Gasteiger charge is 2.20. The first kappa shape index (κ1) is 13.5. The predicted molar refractivity (Wildman–Crippen MR) is 78.3 cm³/mol. The normalized spacial score (nSPS) is 14.3. The van der Waals surface area contributed by atoms with Gasteiger partial charge in [-0.05, 0) is 37.1 Å². The van der Waals surface area contributed by atoms with Crippen LogP contribution in [0.15, 0.2) is 40.9 Å². The number of rotatable bonds is 5. The number of hydrogen-bond donors (Lipinski definition) is 1. The van der Waals surface area contributed by atoms with Gasteiger partial charge in [0.1, 0.15) is 0 Å². The topological polar surface area (TPSA) is 34.1 Å². The van der Waals surface area contributed by atoms with Crippen LogP contribution in [0, 0.1) is 5.82 Å². The van der Waals surface area contributed by atoms with Crippen LogP contribution in [0.25, 0.3) is 0 Å². The molecule has 1 aliphatic carbocycles. The number of aromatic nitrogens is 1. The second-order valence-corrected chi connectivity index (χ2v) is 5.71. The number of benzene rings is 1. The molecule has 0 unspecified atom stereocenters. The minimum absolute atomic E-state index is 0.166. The minimum Gasteiger partial charge on any atom is -0.436 e. The van der Waals surface area contributed by atoms with Gasteiger partial charge in [0.15, 0.2) is 11.6 Å². The van der Waals surface area contributed by atoms with Gasteiger partial charge in [0.25, 0.3) is 0 Å². The average Bonchev–Trinajstić information content (AvgIpc) is 3.25. The third kappa shape index (κ3) is 3.55. The largest absolute Gasteiger partial charge is 0.436 e. The van der Waals surface area contributed by atoms with Gasteiger partial charge in [-0.25, -0.2) is 9.37 Å². The highest BCUT2D eigenvalue weighted by Crippen LogP contribution is 2.26. The molecule has 0 amide bonds. The first-order chi connectivity index (χ1) is 9.70. The van der Waals surface area contributed by atoms with Crippen molar-refractivity contribution >= 4 is 15.9 Å². The van der Waals surface area contributed by atoms with E-state index in [0.29, 0.717) is 18.5 Å². The van der Waals surface area contributed by atoms with Crippen LogP contribution in [0.1, 0.15) is 18.5 Å². The number of pyridine rings is 1. The summed E-state index contributed by atoms with van der Waals surface area (Å²) in [6.45, 7) is 0.711. The van der Waals surface area contributed by atoms with E-state index in [-0.39, 0.29) is 5.75 Å². The van der Waals surface area contributed by atoms with Crippen LogP contribution in [0.5, 0.6) is 11.6 Å². The average molecular weight is 337 g/mol. The van der Waals surface area contributed by atoms with Crippen LogP contribution in [0.3, 0.4) is 0 Å². The number of nitrogens with one attached hydrogen (secondary N) is 1.